The number of rotatable bonds is 5. The molecule has 184 valence electrons. The summed E-state index contributed by atoms with van der Waals surface area (Å²) in [4.78, 5) is 16.8. The highest BCUT2D eigenvalue weighted by Gasteiger charge is 2.14. The molecular formula is C27H16Cl3N3O3S. The molecule has 0 atom stereocenters. The topological polar surface area (TPSA) is 80.3 Å². The molecule has 0 unspecified atom stereocenters. The van der Waals surface area contributed by atoms with Crippen LogP contribution < -0.4 is 10.6 Å². The molecule has 0 aliphatic rings. The lowest BCUT2D eigenvalue weighted by Crippen LogP contribution is -2.32. The highest BCUT2D eigenvalue weighted by Crippen LogP contribution is 2.35. The fourth-order valence-electron chi connectivity index (χ4n) is 3.47. The van der Waals surface area contributed by atoms with Crippen molar-refractivity contribution in [3.8, 4) is 22.8 Å². The number of aromatic nitrogens is 1. The number of carbonyl (C=O) groups is 1. The Bertz CT molecular complexity index is 1660. The van der Waals surface area contributed by atoms with Crippen LogP contribution in [0.25, 0.3) is 40.0 Å². The second-order valence-electron chi connectivity index (χ2n) is 7.79. The predicted octanol–water partition coefficient (Wildman–Crippen LogP) is 8.24. The van der Waals surface area contributed by atoms with E-state index in [4.69, 9.17) is 55.9 Å². The zero-order valence-corrected chi connectivity index (χ0v) is 21.9. The summed E-state index contributed by atoms with van der Waals surface area (Å²) in [5.74, 6) is 1.11. The Kier molecular flexibility index (Phi) is 7.30. The molecule has 6 nitrogen and oxygen atoms in total. The maximum atomic E-state index is 12.3. The molecule has 2 aromatic heterocycles. The van der Waals surface area contributed by atoms with E-state index in [-0.39, 0.29) is 5.11 Å². The van der Waals surface area contributed by atoms with Gasteiger partial charge in [0.25, 0.3) is 0 Å². The van der Waals surface area contributed by atoms with Crippen molar-refractivity contribution in [1.82, 2.24) is 10.3 Å². The molecule has 1 amide bonds. The smallest absolute Gasteiger partial charge is 0.250 e. The molecule has 0 spiro atoms. The van der Waals surface area contributed by atoms with Crippen LogP contribution in [0.5, 0.6) is 0 Å². The first-order valence-corrected chi connectivity index (χ1v) is 12.4. The molecule has 5 aromatic rings. The number of thiocarbonyl (C=S) groups is 1. The molecule has 10 heteroatoms. The molecule has 3 aromatic carbocycles. The van der Waals surface area contributed by atoms with Crippen LogP contribution >= 0.6 is 47.0 Å². The third kappa shape index (κ3) is 5.87. The number of amides is 1. The van der Waals surface area contributed by atoms with E-state index >= 15 is 0 Å². The number of nitrogens with zero attached hydrogens (tertiary/aromatic N) is 1. The lowest BCUT2D eigenvalue weighted by atomic mass is 10.2. The number of hydrogen-bond donors (Lipinski definition) is 2. The second-order valence-corrected chi connectivity index (χ2v) is 9.42. The Morgan fingerprint density at radius 3 is 2.57 bits per heavy atom. The van der Waals surface area contributed by atoms with Crippen molar-refractivity contribution in [3.05, 3.63) is 99.7 Å². The van der Waals surface area contributed by atoms with E-state index in [0.29, 0.717) is 54.8 Å². The Balaban J connectivity index is 1.21. The number of nitrogens with one attached hydrogen (secondary N) is 2. The van der Waals surface area contributed by atoms with Crippen molar-refractivity contribution >= 4 is 80.9 Å². The van der Waals surface area contributed by atoms with Crippen molar-refractivity contribution in [3.63, 3.8) is 0 Å². The fraction of sp³-hybridized carbons (Fsp3) is 0. The molecule has 0 bridgehead atoms. The minimum Gasteiger partial charge on any atom is -0.457 e. The Labute approximate surface area is 231 Å². The van der Waals surface area contributed by atoms with Crippen LogP contribution in [0.1, 0.15) is 5.76 Å². The van der Waals surface area contributed by atoms with Crippen LogP contribution in [0.4, 0.5) is 5.69 Å². The number of anilines is 1. The summed E-state index contributed by atoms with van der Waals surface area (Å²) in [5, 5.41) is 7.10. The van der Waals surface area contributed by atoms with Crippen LogP contribution in [0, 0.1) is 0 Å². The third-order valence-electron chi connectivity index (χ3n) is 5.22. The van der Waals surface area contributed by atoms with Gasteiger partial charge >= 0.3 is 0 Å². The van der Waals surface area contributed by atoms with Gasteiger partial charge in [0.05, 0.1) is 15.6 Å². The van der Waals surface area contributed by atoms with Crippen LogP contribution in [0.3, 0.4) is 0 Å². The normalized spacial score (nSPS) is 11.2. The van der Waals surface area contributed by atoms with Crippen molar-refractivity contribution in [1.29, 1.82) is 0 Å². The monoisotopic (exact) mass is 567 g/mol. The van der Waals surface area contributed by atoms with Crippen LogP contribution in [0.15, 0.2) is 87.7 Å². The van der Waals surface area contributed by atoms with Gasteiger partial charge in [0.1, 0.15) is 17.0 Å². The summed E-state index contributed by atoms with van der Waals surface area (Å²) >= 11 is 23.6. The van der Waals surface area contributed by atoms with Gasteiger partial charge in [-0.1, -0.05) is 40.9 Å². The largest absolute Gasteiger partial charge is 0.457 e. The van der Waals surface area contributed by atoms with E-state index in [2.05, 4.69) is 15.6 Å². The van der Waals surface area contributed by atoms with Gasteiger partial charge in [0, 0.05) is 22.3 Å². The molecule has 0 saturated heterocycles. The Hall–Kier alpha value is -3.62. The number of fused-ring (bicyclic) bond motifs is 1. The molecule has 0 saturated carbocycles. The number of carbonyl (C=O) groups excluding carboxylic acids is 1. The van der Waals surface area contributed by atoms with Crippen molar-refractivity contribution in [2.45, 2.75) is 0 Å². The molecule has 0 aliphatic heterocycles. The third-order valence-corrected chi connectivity index (χ3v) is 6.49. The van der Waals surface area contributed by atoms with Gasteiger partial charge in [-0.2, -0.15) is 0 Å². The van der Waals surface area contributed by atoms with Gasteiger partial charge in [-0.3, -0.25) is 10.1 Å². The summed E-state index contributed by atoms with van der Waals surface area (Å²) < 4.78 is 11.6. The zero-order chi connectivity index (χ0) is 25.9. The van der Waals surface area contributed by atoms with Gasteiger partial charge < -0.3 is 14.2 Å². The lowest BCUT2D eigenvalue weighted by molar-refractivity contribution is -0.115. The minimum atomic E-state index is -0.414. The minimum absolute atomic E-state index is 0.122. The maximum absolute atomic E-state index is 12.3. The summed E-state index contributed by atoms with van der Waals surface area (Å²) in [5.41, 5.74) is 3.24. The highest BCUT2D eigenvalue weighted by atomic mass is 35.5. The summed E-state index contributed by atoms with van der Waals surface area (Å²) in [6.07, 6.45) is 2.89. The van der Waals surface area contributed by atoms with Crippen molar-refractivity contribution in [2.24, 2.45) is 0 Å². The molecule has 0 fully saturated rings. The highest BCUT2D eigenvalue weighted by molar-refractivity contribution is 7.80. The van der Waals surface area contributed by atoms with Crippen molar-refractivity contribution in [2.75, 3.05) is 5.32 Å². The molecular weight excluding hydrogens is 553 g/mol. The van der Waals surface area contributed by atoms with Crippen LogP contribution in [-0.2, 0) is 4.79 Å². The predicted molar refractivity (Wildman–Crippen MR) is 152 cm³/mol. The van der Waals surface area contributed by atoms with Gasteiger partial charge in [0.2, 0.25) is 11.8 Å². The number of benzene rings is 3. The van der Waals surface area contributed by atoms with Crippen molar-refractivity contribution < 1.29 is 13.6 Å². The first-order chi connectivity index (χ1) is 17.9. The molecule has 2 N–H and O–H groups in total. The average molecular weight is 569 g/mol. The number of hydrogen-bond acceptors (Lipinski definition) is 5. The van der Waals surface area contributed by atoms with E-state index in [1.54, 1.807) is 60.7 Å². The summed E-state index contributed by atoms with van der Waals surface area (Å²) in [6.45, 7) is 0. The lowest BCUT2D eigenvalue weighted by Gasteiger charge is -2.07. The zero-order valence-electron chi connectivity index (χ0n) is 18.8. The van der Waals surface area contributed by atoms with E-state index in [1.165, 1.54) is 6.08 Å². The van der Waals surface area contributed by atoms with E-state index in [9.17, 15) is 4.79 Å². The first-order valence-electron chi connectivity index (χ1n) is 10.9. The molecule has 5 rings (SSSR count). The Morgan fingerprint density at radius 2 is 1.76 bits per heavy atom. The first kappa shape index (κ1) is 25.0. The van der Waals surface area contributed by atoms with Gasteiger partial charge in [-0.15, -0.1) is 0 Å². The maximum Gasteiger partial charge on any atom is 0.250 e. The number of furan rings is 1. The second kappa shape index (κ2) is 10.8. The van der Waals surface area contributed by atoms with Crippen LogP contribution in [0.2, 0.25) is 15.1 Å². The van der Waals surface area contributed by atoms with Gasteiger partial charge in [-0.25, -0.2) is 4.98 Å². The standard InChI is InChI=1S/C27H16Cl3N3O3S/c28-16-6-4-15(5-7-16)22-12-9-18(35-22)10-13-24(34)33-27(37)31-17-8-11-23-21(14-17)32-26(36-23)19-2-1-3-20(29)25(19)30/h1-14H,(H2,31,33,34,37)/b13-10+. The average Bonchev–Trinajstić information content (AvgIpc) is 3.52. The van der Waals surface area contributed by atoms with Crippen LogP contribution in [-0.4, -0.2) is 16.0 Å². The molecule has 37 heavy (non-hydrogen) atoms. The van der Waals surface area contributed by atoms with E-state index in [0.717, 1.165) is 5.56 Å². The van der Waals surface area contributed by atoms with E-state index in [1.807, 2.05) is 18.2 Å². The summed E-state index contributed by atoms with van der Waals surface area (Å²) in [6, 6.07) is 21.3. The quantitative estimate of drug-likeness (QED) is 0.164. The fourth-order valence-corrected chi connectivity index (χ4v) is 4.20. The number of halogens is 3. The SMILES string of the molecule is O=C(/C=C/c1ccc(-c2ccc(Cl)cc2)o1)NC(=S)Nc1ccc2oc(-c3cccc(Cl)c3Cl)nc2c1. The molecule has 0 radical (unpaired) electrons. The van der Waals surface area contributed by atoms with Gasteiger partial charge in [0.15, 0.2) is 10.7 Å². The molecule has 0 aliphatic carbocycles. The number of oxazole rings is 1. The molecule has 2 heterocycles. The van der Waals surface area contributed by atoms with E-state index < -0.39 is 5.91 Å². The van der Waals surface area contributed by atoms with Gasteiger partial charge in [-0.05, 0) is 85.0 Å². The summed E-state index contributed by atoms with van der Waals surface area (Å²) in [7, 11) is 0. The Morgan fingerprint density at radius 1 is 0.946 bits per heavy atom.